The van der Waals surface area contributed by atoms with E-state index in [4.69, 9.17) is 9.47 Å². The van der Waals surface area contributed by atoms with Gasteiger partial charge < -0.3 is 14.8 Å². The Kier molecular flexibility index (Phi) is 6.29. The summed E-state index contributed by atoms with van der Waals surface area (Å²) in [5.74, 6) is -0.365. The van der Waals surface area contributed by atoms with E-state index in [1.165, 1.54) is 0 Å². The van der Waals surface area contributed by atoms with Gasteiger partial charge in [0.2, 0.25) is 6.10 Å². The molecule has 3 rings (SSSR count). The molecule has 0 aromatic heterocycles. The summed E-state index contributed by atoms with van der Waals surface area (Å²) in [7, 11) is 1.56. The molecule has 3 aromatic rings. The van der Waals surface area contributed by atoms with Gasteiger partial charge in [-0.3, -0.25) is 4.79 Å². The number of hydrogen-bond donors (Lipinski definition) is 1. The van der Waals surface area contributed by atoms with Gasteiger partial charge in [-0.2, -0.15) is 0 Å². The van der Waals surface area contributed by atoms with Crippen molar-refractivity contribution in [3.05, 3.63) is 95.1 Å². The van der Waals surface area contributed by atoms with Gasteiger partial charge in [-0.25, -0.2) is 4.79 Å². The summed E-state index contributed by atoms with van der Waals surface area (Å²) in [6.07, 6.45) is -1.09. The quantitative estimate of drug-likeness (QED) is 0.612. The molecule has 148 valence electrons. The monoisotopic (exact) mass is 389 g/mol. The molecule has 0 bridgehead atoms. The highest BCUT2D eigenvalue weighted by molar-refractivity contribution is 5.98. The van der Waals surface area contributed by atoms with Crippen molar-refractivity contribution in [2.45, 2.75) is 20.0 Å². The second kappa shape index (κ2) is 9.06. The first kappa shape index (κ1) is 20.1. The summed E-state index contributed by atoms with van der Waals surface area (Å²) in [5.41, 5.74) is 3.32. The Morgan fingerprint density at radius 1 is 0.897 bits per heavy atom. The molecule has 1 atom stereocenters. The van der Waals surface area contributed by atoms with E-state index in [9.17, 15) is 9.59 Å². The molecule has 0 aliphatic rings. The normalized spacial score (nSPS) is 11.4. The van der Waals surface area contributed by atoms with E-state index in [1.54, 1.807) is 61.7 Å². The van der Waals surface area contributed by atoms with Crippen molar-refractivity contribution >= 4 is 17.6 Å². The van der Waals surface area contributed by atoms with Crippen LogP contribution in [0, 0.1) is 13.8 Å². The number of carbonyl (C=O) groups excluding carboxylic acids is 2. The van der Waals surface area contributed by atoms with Gasteiger partial charge >= 0.3 is 5.97 Å². The van der Waals surface area contributed by atoms with Crippen molar-refractivity contribution in [1.29, 1.82) is 0 Å². The third-order valence-electron chi connectivity index (χ3n) is 4.52. The van der Waals surface area contributed by atoms with Gasteiger partial charge in [0.1, 0.15) is 5.75 Å². The number of aryl methyl sites for hydroxylation is 2. The van der Waals surface area contributed by atoms with E-state index < -0.39 is 18.0 Å². The molecular formula is C24H23NO4. The Labute approximate surface area is 170 Å². The number of methoxy groups -OCH3 is 1. The third kappa shape index (κ3) is 5.02. The predicted octanol–water partition coefficient (Wildman–Crippen LogP) is 4.85. The van der Waals surface area contributed by atoms with Crippen LogP contribution >= 0.6 is 0 Å². The maximum atomic E-state index is 13.0. The summed E-state index contributed by atoms with van der Waals surface area (Å²) in [4.78, 5) is 25.8. The fourth-order valence-electron chi connectivity index (χ4n) is 2.94. The number of nitrogens with one attached hydrogen (secondary N) is 1. The van der Waals surface area contributed by atoms with Gasteiger partial charge in [0.05, 0.1) is 12.7 Å². The lowest BCUT2D eigenvalue weighted by molar-refractivity contribution is -0.125. The maximum absolute atomic E-state index is 13.0. The smallest absolute Gasteiger partial charge is 0.339 e. The van der Waals surface area contributed by atoms with E-state index >= 15 is 0 Å². The average molecular weight is 389 g/mol. The highest BCUT2D eigenvalue weighted by Crippen LogP contribution is 2.24. The minimum Gasteiger partial charge on any atom is -0.497 e. The van der Waals surface area contributed by atoms with Crippen molar-refractivity contribution in [1.82, 2.24) is 0 Å². The Hall–Kier alpha value is -3.60. The van der Waals surface area contributed by atoms with Crippen LogP contribution in [0.1, 0.15) is 33.2 Å². The van der Waals surface area contributed by atoms with E-state index in [2.05, 4.69) is 5.32 Å². The first-order valence-electron chi connectivity index (χ1n) is 9.26. The highest BCUT2D eigenvalue weighted by atomic mass is 16.5. The summed E-state index contributed by atoms with van der Waals surface area (Å²) < 4.78 is 10.9. The molecule has 0 aliphatic carbocycles. The second-order valence-corrected chi connectivity index (χ2v) is 6.74. The molecule has 0 unspecified atom stereocenters. The number of hydrogen-bond acceptors (Lipinski definition) is 4. The lowest BCUT2D eigenvalue weighted by atomic mass is 10.1. The van der Waals surface area contributed by atoms with Crippen LogP contribution < -0.4 is 10.1 Å². The highest BCUT2D eigenvalue weighted by Gasteiger charge is 2.26. The molecule has 0 spiro atoms. The topological polar surface area (TPSA) is 64.6 Å². The van der Waals surface area contributed by atoms with Crippen LogP contribution in [-0.4, -0.2) is 19.0 Å². The largest absolute Gasteiger partial charge is 0.497 e. The van der Waals surface area contributed by atoms with Gasteiger partial charge in [0, 0.05) is 17.3 Å². The van der Waals surface area contributed by atoms with Crippen LogP contribution in [-0.2, 0) is 9.53 Å². The van der Waals surface area contributed by atoms with Crippen molar-refractivity contribution in [2.75, 3.05) is 12.4 Å². The van der Waals surface area contributed by atoms with Crippen molar-refractivity contribution in [2.24, 2.45) is 0 Å². The third-order valence-corrected chi connectivity index (χ3v) is 4.52. The first-order valence-corrected chi connectivity index (χ1v) is 9.26. The summed E-state index contributed by atoms with van der Waals surface area (Å²) in [5, 5.41) is 2.80. The van der Waals surface area contributed by atoms with Crippen LogP contribution in [0.5, 0.6) is 5.75 Å². The summed E-state index contributed by atoms with van der Waals surface area (Å²) in [6, 6.07) is 21.5. The van der Waals surface area contributed by atoms with E-state index in [0.29, 0.717) is 22.6 Å². The fraction of sp³-hybridized carbons (Fsp3) is 0.167. The van der Waals surface area contributed by atoms with Crippen LogP contribution in [0.4, 0.5) is 5.69 Å². The second-order valence-electron chi connectivity index (χ2n) is 6.74. The molecule has 5 heteroatoms. The maximum Gasteiger partial charge on any atom is 0.339 e. The van der Waals surface area contributed by atoms with Gasteiger partial charge in [-0.1, -0.05) is 54.1 Å². The zero-order chi connectivity index (χ0) is 20.8. The molecule has 0 aliphatic heterocycles. The van der Waals surface area contributed by atoms with Gasteiger partial charge in [0.15, 0.2) is 0 Å². The van der Waals surface area contributed by atoms with Gasteiger partial charge in [-0.05, 0) is 37.6 Å². The summed E-state index contributed by atoms with van der Waals surface area (Å²) in [6.45, 7) is 3.74. The number of benzene rings is 3. The zero-order valence-corrected chi connectivity index (χ0v) is 16.6. The van der Waals surface area contributed by atoms with E-state index in [-0.39, 0.29) is 0 Å². The number of rotatable bonds is 6. The van der Waals surface area contributed by atoms with Crippen molar-refractivity contribution in [3.8, 4) is 5.75 Å². The van der Waals surface area contributed by atoms with Gasteiger partial charge in [-0.15, -0.1) is 0 Å². The number of anilines is 1. The molecule has 3 aromatic carbocycles. The van der Waals surface area contributed by atoms with Crippen molar-refractivity contribution < 1.29 is 19.1 Å². The minimum atomic E-state index is -1.09. The molecule has 0 saturated heterocycles. The summed E-state index contributed by atoms with van der Waals surface area (Å²) >= 11 is 0. The molecule has 1 N–H and O–H groups in total. The van der Waals surface area contributed by atoms with Crippen LogP contribution in [0.15, 0.2) is 72.8 Å². The van der Waals surface area contributed by atoms with Crippen LogP contribution in [0.3, 0.4) is 0 Å². The number of amides is 1. The molecule has 0 saturated carbocycles. The Bertz CT molecular complexity index is 1010. The van der Waals surface area contributed by atoms with Crippen LogP contribution in [0.2, 0.25) is 0 Å². The Morgan fingerprint density at radius 2 is 1.66 bits per heavy atom. The SMILES string of the molecule is COc1cccc(NC(=O)[C@H](OC(=O)c2cc(C)ccc2C)c2ccccc2)c1. The zero-order valence-electron chi connectivity index (χ0n) is 16.6. The first-order chi connectivity index (χ1) is 14.0. The lowest BCUT2D eigenvalue weighted by Crippen LogP contribution is -2.26. The molecular weight excluding hydrogens is 366 g/mol. The fourth-order valence-corrected chi connectivity index (χ4v) is 2.94. The predicted molar refractivity (Wildman–Crippen MR) is 112 cm³/mol. The Morgan fingerprint density at radius 3 is 2.38 bits per heavy atom. The Balaban J connectivity index is 1.87. The van der Waals surface area contributed by atoms with Crippen molar-refractivity contribution in [3.63, 3.8) is 0 Å². The number of esters is 1. The molecule has 29 heavy (non-hydrogen) atoms. The molecule has 5 nitrogen and oxygen atoms in total. The molecule has 0 radical (unpaired) electrons. The van der Waals surface area contributed by atoms with Crippen LogP contribution in [0.25, 0.3) is 0 Å². The standard InChI is InChI=1S/C24H23NO4/c1-16-12-13-17(2)21(14-16)24(27)29-22(18-8-5-4-6-9-18)23(26)25-19-10-7-11-20(15-19)28-3/h4-15,22H,1-3H3,(H,25,26)/t22-/m1/s1. The number of ether oxygens (including phenoxy) is 2. The number of carbonyl (C=O) groups is 2. The minimum absolute atomic E-state index is 0.442. The van der Waals surface area contributed by atoms with E-state index in [0.717, 1.165) is 11.1 Å². The molecule has 0 heterocycles. The van der Waals surface area contributed by atoms with E-state index in [1.807, 2.05) is 32.0 Å². The molecule has 1 amide bonds. The van der Waals surface area contributed by atoms with Gasteiger partial charge in [0.25, 0.3) is 5.91 Å². The molecule has 0 fully saturated rings. The average Bonchev–Trinajstić information content (AvgIpc) is 2.74. The lowest BCUT2D eigenvalue weighted by Gasteiger charge is -2.19.